The Morgan fingerprint density at radius 1 is 0.600 bits per heavy atom. The van der Waals surface area contributed by atoms with Crippen molar-refractivity contribution in [1.29, 1.82) is 0 Å². The number of rotatable bonds is 25. The van der Waals surface area contributed by atoms with Crippen LogP contribution >= 0.6 is 0 Å². The molecule has 0 spiro atoms. The first-order valence-corrected chi connectivity index (χ1v) is 19.7. The molecule has 0 heterocycles. The van der Waals surface area contributed by atoms with Gasteiger partial charge in [0.1, 0.15) is 0 Å². The largest absolute Gasteiger partial charge is 0.409 e. The average Bonchev–Trinajstić information content (AvgIpc) is 2.82. The molecule has 208 valence electrons. The van der Waals surface area contributed by atoms with E-state index in [4.69, 9.17) is 13.0 Å². The lowest BCUT2D eigenvalue weighted by molar-refractivity contribution is 0.0718. The van der Waals surface area contributed by atoms with Crippen molar-refractivity contribution in [2.24, 2.45) is 11.8 Å². The molecule has 0 aliphatic carbocycles. The Hall–Kier alpha value is -0.206. The summed E-state index contributed by atoms with van der Waals surface area (Å²) in [6.45, 7) is 24.1. The maximum Gasteiger partial charge on any atom is 0.352 e. The minimum Gasteiger partial charge on any atom is -0.409 e. The molecule has 5 heteroatoms. The smallest absolute Gasteiger partial charge is 0.352 e. The fourth-order valence-electron chi connectivity index (χ4n) is 4.71. The topological polar surface area (TPSA) is 27.7 Å². The summed E-state index contributed by atoms with van der Waals surface area (Å²) in [5, 5.41) is 0. The van der Waals surface area contributed by atoms with Gasteiger partial charge in [-0.25, -0.2) is 0 Å². The molecule has 0 aliphatic heterocycles. The SMILES string of the molecule is C=C[Si](C)(OCCCCCCCCCCCCCCCCC)O[Si](C)(C=C)OC(C(C)C)C(C)C. The van der Waals surface area contributed by atoms with Gasteiger partial charge in [-0.15, -0.1) is 13.2 Å². The van der Waals surface area contributed by atoms with Crippen LogP contribution in [0.3, 0.4) is 0 Å². The van der Waals surface area contributed by atoms with E-state index in [1.54, 1.807) is 0 Å². The van der Waals surface area contributed by atoms with Gasteiger partial charge in [0.05, 0.1) is 6.10 Å². The first-order chi connectivity index (χ1) is 16.6. The molecule has 0 aliphatic rings. The molecule has 0 radical (unpaired) electrons. The predicted octanol–water partition coefficient (Wildman–Crippen LogP) is 10.2. The zero-order chi connectivity index (χ0) is 26.6. The third kappa shape index (κ3) is 17.8. The predicted molar refractivity (Wildman–Crippen MR) is 160 cm³/mol. The zero-order valence-corrected chi connectivity index (χ0v) is 26.8. The molecule has 3 nitrogen and oxygen atoms in total. The maximum absolute atomic E-state index is 6.58. The molecule has 0 aromatic carbocycles. The minimum atomic E-state index is -2.55. The molecule has 0 rings (SSSR count). The first kappa shape index (κ1) is 34.8. The van der Waals surface area contributed by atoms with Crippen molar-refractivity contribution < 1.29 is 13.0 Å². The van der Waals surface area contributed by atoms with Crippen LogP contribution in [0.15, 0.2) is 24.6 Å². The molecule has 2 atom stereocenters. The maximum atomic E-state index is 6.58. The summed E-state index contributed by atoms with van der Waals surface area (Å²) in [7, 11) is -5.04. The molecule has 0 amide bonds. The number of hydrogen-bond donors (Lipinski definition) is 0. The summed E-state index contributed by atoms with van der Waals surface area (Å²) >= 11 is 0. The average molecular weight is 527 g/mol. The Balaban J connectivity index is 4.01. The van der Waals surface area contributed by atoms with Gasteiger partial charge in [0.15, 0.2) is 0 Å². The fourth-order valence-corrected chi connectivity index (χ4v) is 10.9. The van der Waals surface area contributed by atoms with Crippen molar-refractivity contribution in [2.45, 2.75) is 150 Å². The van der Waals surface area contributed by atoms with E-state index in [1.807, 2.05) is 11.4 Å². The van der Waals surface area contributed by atoms with Crippen LogP contribution in [0.5, 0.6) is 0 Å². The van der Waals surface area contributed by atoms with E-state index >= 15 is 0 Å². The van der Waals surface area contributed by atoms with E-state index in [0.717, 1.165) is 13.0 Å². The van der Waals surface area contributed by atoms with Crippen molar-refractivity contribution >= 4 is 17.1 Å². The van der Waals surface area contributed by atoms with Gasteiger partial charge in [0, 0.05) is 6.61 Å². The van der Waals surface area contributed by atoms with Crippen molar-refractivity contribution in [3.8, 4) is 0 Å². The summed E-state index contributed by atoms with van der Waals surface area (Å²) < 4.78 is 19.4. The van der Waals surface area contributed by atoms with Crippen LogP contribution in [-0.4, -0.2) is 29.8 Å². The third-order valence-electron chi connectivity index (χ3n) is 6.97. The van der Waals surface area contributed by atoms with Crippen LogP contribution < -0.4 is 0 Å². The van der Waals surface area contributed by atoms with E-state index in [9.17, 15) is 0 Å². The summed E-state index contributed by atoms with van der Waals surface area (Å²) in [6, 6.07) is 0. The van der Waals surface area contributed by atoms with Crippen LogP contribution in [0, 0.1) is 11.8 Å². The van der Waals surface area contributed by atoms with E-state index < -0.39 is 17.1 Å². The van der Waals surface area contributed by atoms with Gasteiger partial charge in [0.2, 0.25) is 0 Å². The molecule has 0 aromatic heterocycles. The molecule has 2 unspecified atom stereocenters. The molecule has 0 bridgehead atoms. The highest BCUT2D eigenvalue weighted by atomic mass is 28.5. The van der Waals surface area contributed by atoms with Crippen LogP contribution in [-0.2, 0) is 13.0 Å². The second kappa shape index (κ2) is 20.8. The van der Waals surface area contributed by atoms with Crippen LogP contribution in [0.25, 0.3) is 0 Å². The molecule has 35 heavy (non-hydrogen) atoms. The zero-order valence-electron chi connectivity index (χ0n) is 24.8. The van der Waals surface area contributed by atoms with Gasteiger partial charge in [-0.3, -0.25) is 0 Å². The van der Waals surface area contributed by atoms with Gasteiger partial charge in [-0.05, 0) is 31.4 Å². The van der Waals surface area contributed by atoms with Crippen LogP contribution in [0.4, 0.5) is 0 Å². The molecule has 0 aromatic rings. The number of unbranched alkanes of at least 4 members (excludes halogenated alkanes) is 14. The van der Waals surface area contributed by atoms with Gasteiger partial charge in [-0.2, -0.15) is 0 Å². The van der Waals surface area contributed by atoms with Gasteiger partial charge < -0.3 is 13.0 Å². The highest BCUT2D eigenvalue weighted by molar-refractivity contribution is 6.84. The Morgan fingerprint density at radius 2 is 0.971 bits per heavy atom. The van der Waals surface area contributed by atoms with E-state index in [-0.39, 0.29) is 6.10 Å². The Morgan fingerprint density at radius 3 is 1.31 bits per heavy atom. The Labute approximate surface area is 223 Å². The third-order valence-corrected chi connectivity index (χ3v) is 13.2. The lowest BCUT2D eigenvalue weighted by Gasteiger charge is -2.38. The Bertz CT molecular complexity index is 518. The normalized spacial score (nSPS) is 15.5. The van der Waals surface area contributed by atoms with E-state index in [1.165, 1.54) is 89.9 Å². The minimum absolute atomic E-state index is 0.156. The standard InChI is InChI=1S/C30H62O3Si2/c1-10-13-14-15-16-17-18-19-20-21-22-23-24-25-26-27-31-34(8,11-2)33-35(9,12-3)32-30(28(4)5)29(6)7/h11-12,28-30H,2-3,10,13-27H2,1,4-9H3. The van der Waals surface area contributed by atoms with Crippen molar-refractivity contribution in [3.63, 3.8) is 0 Å². The Kier molecular flexibility index (Phi) is 20.7. The summed E-state index contributed by atoms with van der Waals surface area (Å²) in [5.74, 6) is 0.867. The van der Waals surface area contributed by atoms with Crippen LogP contribution in [0.1, 0.15) is 131 Å². The first-order valence-electron chi connectivity index (χ1n) is 14.9. The quantitative estimate of drug-likeness (QED) is 0.0874. The highest BCUT2D eigenvalue weighted by Crippen LogP contribution is 2.26. The molecule has 0 N–H and O–H groups in total. The number of hydrogen-bond acceptors (Lipinski definition) is 3. The molecular formula is C30H62O3Si2. The molecular weight excluding hydrogens is 464 g/mol. The van der Waals surface area contributed by atoms with Gasteiger partial charge in [-0.1, -0.05) is 136 Å². The fraction of sp³-hybridized carbons (Fsp3) is 0.867. The van der Waals surface area contributed by atoms with Gasteiger partial charge >= 0.3 is 17.1 Å². The van der Waals surface area contributed by atoms with E-state index in [2.05, 4.69) is 60.9 Å². The second-order valence-corrected chi connectivity index (χ2v) is 17.6. The summed E-state index contributed by atoms with van der Waals surface area (Å²) in [4.78, 5) is 0. The molecule has 0 saturated heterocycles. The molecule has 0 fully saturated rings. The van der Waals surface area contributed by atoms with Crippen molar-refractivity contribution in [3.05, 3.63) is 24.6 Å². The van der Waals surface area contributed by atoms with Crippen LogP contribution in [0.2, 0.25) is 13.1 Å². The van der Waals surface area contributed by atoms with Gasteiger partial charge in [0.25, 0.3) is 0 Å². The monoisotopic (exact) mass is 526 g/mol. The highest BCUT2D eigenvalue weighted by Gasteiger charge is 2.42. The lowest BCUT2D eigenvalue weighted by Crippen LogP contribution is -2.53. The van der Waals surface area contributed by atoms with E-state index in [0.29, 0.717) is 11.8 Å². The lowest BCUT2D eigenvalue weighted by atomic mass is 9.97. The summed E-state index contributed by atoms with van der Waals surface area (Å²) in [6.07, 6.45) is 20.7. The second-order valence-electron chi connectivity index (χ2n) is 11.4. The summed E-state index contributed by atoms with van der Waals surface area (Å²) in [5.41, 5.74) is 3.80. The van der Waals surface area contributed by atoms with Crippen molar-refractivity contribution in [1.82, 2.24) is 0 Å². The van der Waals surface area contributed by atoms with Crippen molar-refractivity contribution in [2.75, 3.05) is 6.61 Å². The molecule has 0 saturated carbocycles.